The lowest BCUT2D eigenvalue weighted by molar-refractivity contribution is -0.260. The molecule has 7 heteroatoms. The van der Waals surface area contributed by atoms with Gasteiger partial charge in [0.1, 0.15) is 12.2 Å². The van der Waals surface area contributed by atoms with Gasteiger partial charge in [0.05, 0.1) is 0 Å². The van der Waals surface area contributed by atoms with E-state index >= 15 is 0 Å². The fourth-order valence-corrected chi connectivity index (χ4v) is 1.20. The zero-order chi connectivity index (χ0) is 10.9. The molecule has 1 fully saturated rings. The van der Waals surface area contributed by atoms with Crippen LogP contribution in [0.15, 0.2) is 0 Å². The third-order valence-electron chi connectivity index (χ3n) is 2.05. The van der Waals surface area contributed by atoms with Gasteiger partial charge in [-0.05, 0) is 0 Å². The van der Waals surface area contributed by atoms with Crippen LogP contribution in [-0.4, -0.2) is 59.0 Å². The Morgan fingerprint density at radius 2 is 1.93 bits per heavy atom. The lowest BCUT2D eigenvalue weighted by Gasteiger charge is -2.35. The molecule has 14 heavy (non-hydrogen) atoms. The molecule has 1 rings (SSSR count). The summed E-state index contributed by atoms with van der Waals surface area (Å²) in [6.45, 7) is 0. The van der Waals surface area contributed by atoms with Crippen LogP contribution in [0.3, 0.4) is 0 Å². The Morgan fingerprint density at radius 1 is 1.36 bits per heavy atom. The number of hydrogen-bond acceptors (Lipinski definition) is 5. The lowest BCUT2D eigenvalue weighted by Crippen LogP contribution is -2.59. The maximum atomic E-state index is 12.8. The van der Waals surface area contributed by atoms with E-state index in [-0.39, 0.29) is 0 Å². The van der Waals surface area contributed by atoms with Crippen molar-refractivity contribution < 1.29 is 29.2 Å². The molecule has 0 aliphatic carbocycles. The maximum Gasteiger partial charge on any atom is 0.251 e. The lowest BCUT2D eigenvalue weighted by atomic mass is 9.99. The van der Waals surface area contributed by atoms with E-state index in [1.54, 1.807) is 0 Å². The number of carbonyl (C=O) groups is 1. The van der Waals surface area contributed by atoms with Crippen LogP contribution >= 0.6 is 0 Å². The van der Waals surface area contributed by atoms with Crippen molar-refractivity contribution in [2.24, 2.45) is 0 Å². The smallest absolute Gasteiger partial charge is 0.251 e. The van der Waals surface area contributed by atoms with Gasteiger partial charge < -0.3 is 25.4 Å². The van der Waals surface area contributed by atoms with Crippen LogP contribution in [-0.2, 0) is 9.53 Å². The van der Waals surface area contributed by atoms with E-state index in [0.717, 1.165) is 0 Å². The Hall–Kier alpha value is -0.760. The second-order valence-electron chi connectivity index (χ2n) is 2.99. The predicted molar refractivity (Wildman–Crippen MR) is 41.9 cm³/mol. The molecule has 0 bridgehead atoms. The number of likely N-dealkylation sites (N-methyl/N-ethyl adjacent to an activating group) is 1. The van der Waals surface area contributed by atoms with E-state index in [2.05, 4.69) is 10.1 Å². The van der Waals surface area contributed by atoms with Crippen molar-refractivity contribution >= 4 is 5.91 Å². The Morgan fingerprint density at radius 3 is 2.43 bits per heavy atom. The van der Waals surface area contributed by atoms with Gasteiger partial charge in [0.15, 0.2) is 18.6 Å². The third-order valence-corrected chi connectivity index (χ3v) is 2.05. The van der Waals surface area contributed by atoms with Crippen molar-refractivity contribution in [3.8, 4) is 0 Å². The van der Waals surface area contributed by atoms with Crippen molar-refractivity contribution in [1.29, 1.82) is 0 Å². The quantitative estimate of drug-likeness (QED) is 0.383. The first-order valence-electron chi connectivity index (χ1n) is 4.04. The molecule has 1 saturated heterocycles. The third kappa shape index (κ3) is 1.85. The molecule has 0 spiro atoms. The van der Waals surface area contributed by atoms with E-state index in [1.165, 1.54) is 7.05 Å². The average Bonchev–Trinajstić information content (AvgIpc) is 2.19. The maximum absolute atomic E-state index is 12.8. The van der Waals surface area contributed by atoms with Gasteiger partial charge >= 0.3 is 0 Å². The van der Waals surface area contributed by atoms with Crippen LogP contribution in [0.2, 0.25) is 0 Å². The summed E-state index contributed by atoms with van der Waals surface area (Å²) in [5, 5.41) is 29.4. The molecule has 1 amide bonds. The Balaban J connectivity index is 2.75. The summed E-state index contributed by atoms with van der Waals surface area (Å²) in [6, 6.07) is 0. The number of amides is 1. The van der Waals surface area contributed by atoms with Crippen molar-refractivity contribution in [2.75, 3.05) is 7.05 Å². The van der Waals surface area contributed by atoms with Crippen LogP contribution in [0.1, 0.15) is 0 Å². The monoisotopic (exact) mass is 209 g/mol. The minimum Gasteiger partial charge on any atom is -0.387 e. The number of alkyl halides is 1. The highest BCUT2D eigenvalue weighted by Gasteiger charge is 2.46. The first kappa shape index (κ1) is 11.3. The molecule has 0 saturated carbocycles. The molecule has 82 valence electrons. The average molecular weight is 209 g/mol. The molecular formula is C7H12FNO5. The topological polar surface area (TPSA) is 99.0 Å². The molecule has 1 aliphatic heterocycles. The standard InChI is InChI=1S/C7H12FNO5/c1-9-6(12)5-4(11)3(10)2(8)7(13)14-5/h2-5,7,10-11,13H,1H3,(H,9,12). The highest BCUT2D eigenvalue weighted by Crippen LogP contribution is 2.22. The van der Waals surface area contributed by atoms with Crippen molar-refractivity contribution in [2.45, 2.75) is 30.8 Å². The zero-order valence-corrected chi connectivity index (χ0v) is 7.42. The first-order valence-corrected chi connectivity index (χ1v) is 4.04. The fraction of sp³-hybridized carbons (Fsp3) is 0.857. The number of nitrogens with one attached hydrogen (secondary N) is 1. The molecule has 4 N–H and O–H groups in total. The Labute approximate surface area is 79.3 Å². The van der Waals surface area contributed by atoms with E-state index in [1.807, 2.05) is 0 Å². The van der Waals surface area contributed by atoms with E-state index in [4.69, 9.17) is 10.2 Å². The molecule has 5 atom stereocenters. The number of rotatable bonds is 1. The van der Waals surface area contributed by atoms with Gasteiger partial charge in [-0.2, -0.15) is 0 Å². The molecule has 0 aromatic heterocycles. The Bertz CT molecular complexity index is 226. The van der Waals surface area contributed by atoms with Crippen LogP contribution in [0.25, 0.3) is 0 Å². The van der Waals surface area contributed by atoms with Crippen molar-refractivity contribution in [3.63, 3.8) is 0 Å². The summed E-state index contributed by atoms with van der Waals surface area (Å²) in [7, 11) is 1.29. The van der Waals surface area contributed by atoms with Gasteiger partial charge in [-0.3, -0.25) is 4.79 Å². The summed E-state index contributed by atoms with van der Waals surface area (Å²) >= 11 is 0. The molecule has 5 unspecified atom stereocenters. The molecule has 0 radical (unpaired) electrons. The van der Waals surface area contributed by atoms with Crippen LogP contribution in [0.4, 0.5) is 4.39 Å². The SMILES string of the molecule is CNC(=O)C1OC(O)C(F)C(O)C1O. The summed E-state index contributed by atoms with van der Waals surface area (Å²) < 4.78 is 17.3. The minimum atomic E-state index is -2.12. The summed E-state index contributed by atoms with van der Waals surface area (Å²) in [5.74, 6) is -0.734. The predicted octanol–water partition coefficient (Wildman–Crippen LogP) is -2.49. The number of carbonyl (C=O) groups excluding carboxylic acids is 1. The van der Waals surface area contributed by atoms with Gasteiger partial charge in [-0.25, -0.2) is 4.39 Å². The second kappa shape index (κ2) is 4.18. The normalized spacial score (nSPS) is 43.4. The van der Waals surface area contributed by atoms with Gasteiger partial charge in [0, 0.05) is 7.05 Å². The summed E-state index contributed by atoms with van der Waals surface area (Å²) in [4.78, 5) is 11.0. The molecule has 0 aromatic carbocycles. The Kier molecular flexibility index (Phi) is 3.38. The number of hydrogen-bond donors (Lipinski definition) is 4. The molecule has 1 aliphatic rings. The number of ether oxygens (including phenoxy) is 1. The molecule has 1 heterocycles. The van der Waals surface area contributed by atoms with E-state index in [9.17, 15) is 14.3 Å². The highest BCUT2D eigenvalue weighted by molar-refractivity contribution is 5.81. The minimum absolute atomic E-state index is 0.734. The zero-order valence-electron chi connectivity index (χ0n) is 7.42. The summed E-state index contributed by atoms with van der Waals surface area (Å²) in [5.41, 5.74) is 0. The van der Waals surface area contributed by atoms with Gasteiger partial charge in [-0.15, -0.1) is 0 Å². The van der Waals surface area contributed by atoms with Crippen LogP contribution in [0.5, 0.6) is 0 Å². The number of aliphatic hydroxyl groups excluding tert-OH is 3. The second-order valence-corrected chi connectivity index (χ2v) is 2.99. The largest absolute Gasteiger partial charge is 0.387 e. The number of halogens is 1. The molecule has 6 nitrogen and oxygen atoms in total. The first-order chi connectivity index (χ1) is 6.49. The van der Waals surface area contributed by atoms with Gasteiger partial charge in [-0.1, -0.05) is 0 Å². The van der Waals surface area contributed by atoms with Crippen molar-refractivity contribution in [3.05, 3.63) is 0 Å². The fourth-order valence-electron chi connectivity index (χ4n) is 1.20. The van der Waals surface area contributed by atoms with Crippen LogP contribution in [0, 0.1) is 0 Å². The molecule has 0 aromatic rings. The van der Waals surface area contributed by atoms with E-state index in [0.29, 0.717) is 0 Å². The summed E-state index contributed by atoms with van der Waals surface area (Å²) in [6.07, 6.45) is -9.01. The molecular weight excluding hydrogens is 197 g/mol. The van der Waals surface area contributed by atoms with Gasteiger partial charge in [0.2, 0.25) is 0 Å². The van der Waals surface area contributed by atoms with Gasteiger partial charge in [0.25, 0.3) is 5.91 Å². The van der Waals surface area contributed by atoms with Crippen molar-refractivity contribution in [1.82, 2.24) is 5.32 Å². The van der Waals surface area contributed by atoms with Crippen LogP contribution < -0.4 is 5.32 Å². The van der Waals surface area contributed by atoms with E-state index < -0.39 is 36.7 Å². The highest BCUT2D eigenvalue weighted by atomic mass is 19.1. The number of aliphatic hydroxyl groups is 3.